The summed E-state index contributed by atoms with van der Waals surface area (Å²) in [7, 11) is 0. The smallest absolute Gasteiger partial charge is 0.338 e. The molecule has 0 aliphatic carbocycles. The molecule has 0 spiro atoms. The van der Waals surface area contributed by atoms with Gasteiger partial charge in [0.2, 0.25) is 5.78 Å². The highest BCUT2D eigenvalue weighted by Gasteiger charge is 2.26. The van der Waals surface area contributed by atoms with E-state index in [1.54, 1.807) is 12.1 Å². The summed E-state index contributed by atoms with van der Waals surface area (Å²) in [4.78, 5) is 29.7. The Labute approximate surface area is 249 Å². The van der Waals surface area contributed by atoms with E-state index in [-0.39, 0.29) is 17.0 Å². The first-order valence-corrected chi connectivity index (χ1v) is 14.3. The van der Waals surface area contributed by atoms with Crippen molar-refractivity contribution in [2.45, 2.75) is 27.3 Å². The molecule has 4 heterocycles. The van der Waals surface area contributed by atoms with Crippen molar-refractivity contribution >= 4 is 39.1 Å². The maximum absolute atomic E-state index is 13.4. The van der Waals surface area contributed by atoms with E-state index in [1.165, 1.54) is 28.4 Å². The standard InChI is InChI=1S/C22H18N2O3.C15H13N/c1-3-24-13(2)19(15-9-5-7-11-18(15)24)21(25)20-16(22(26)27)12-14-8-4-6-10-17(14)23-20;1-12-11-14-9-5-6-10-16(14)15(12)13-7-3-2-4-8-13/h4-12H,3H2,1-2H3,(H,26,27);2-11H,1H3. The van der Waals surface area contributed by atoms with Gasteiger partial charge in [-0.1, -0.05) is 72.8 Å². The van der Waals surface area contributed by atoms with Crippen LogP contribution in [-0.4, -0.2) is 30.8 Å². The quantitative estimate of drug-likeness (QED) is 0.213. The minimum absolute atomic E-state index is 0.0247. The number of ketones is 1. The van der Waals surface area contributed by atoms with E-state index < -0.39 is 5.97 Å². The second-order valence-corrected chi connectivity index (χ2v) is 10.5. The molecule has 4 aromatic heterocycles. The van der Waals surface area contributed by atoms with Gasteiger partial charge in [-0.3, -0.25) is 4.79 Å². The molecule has 7 rings (SSSR count). The molecule has 0 amide bonds. The van der Waals surface area contributed by atoms with Gasteiger partial charge < -0.3 is 14.1 Å². The van der Waals surface area contributed by atoms with Crippen LogP contribution in [0.1, 0.15) is 44.6 Å². The first-order valence-electron chi connectivity index (χ1n) is 14.3. The number of nitrogens with zero attached hydrogens (tertiary/aromatic N) is 3. The Morgan fingerprint density at radius 3 is 2.28 bits per heavy atom. The van der Waals surface area contributed by atoms with Crippen LogP contribution < -0.4 is 0 Å². The highest BCUT2D eigenvalue weighted by Crippen LogP contribution is 2.30. The highest BCUT2D eigenvalue weighted by atomic mass is 16.4. The van der Waals surface area contributed by atoms with Gasteiger partial charge in [-0.05, 0) is 68.3 Å². The van der Waals surface area contributed by atoms with Crippen LogP contribution in [0.2, 0.25) is 0 Å². The zero-order valence-electron chi connectivity index (χ0n) is 24.3. The number of aromatic carboxylic acids is 1. The van der Waals surface area contributed by atoms with Crippen molar-refractivity contribution in [3.05, 3.63) is 143 Å². The molecule has 7 aromatic rings. The SMILES string of the molecule is CCn1c(C)c(C(=O)c2nc3ccccc3cc2C(=O)O)c2ccccc21.Cc1cc2ccccn2c1-c1ccccc1. The molecule has 0 saturated carbocycles. The molecule has 6 nitrogen and oxygen atoms in total. The first kappa shape index (κ1) is 27.7. The number of fused-ring (bicyclic) bond motifs is 3. The summed E-state index contributed by atoms with van der Waals surface area (Å²) < 4.78 is 4.30. The van der Waals surface area contributed by atoms with E-state index in [2.05, 4.69) is 81.7 Å². The van der Waals surface area contributed by atoms with E-state index >= 15 is 0 Å². The number of hydrogen-bond donors (Lipinski definition) is 1. The van der Waals surface area contributed by atoms with Crippen molar-refractivity contribution in [2.24, 2.45) is 0 Å². The number of para-hydroxylation sites is 2. The van der Waals surface area contributed by atoms with Crippen molar-refractivity contribution in [3.63, 3.8) is 0 Å². The lowest BCUT2D eigenvalue weighted by Crippen LogP contribution is -2.13. The van der Waals surface area contributed by atoms with Crippen LogP contribution in [-0.2, 0) is 6.54 Å². The third-order valence-corrected chi connectivity index (χ3v) is 7.86. The lowest BCUT2D eigenvalue weighted by Gasteiger charge is -2.08. The number of rotatable bonds is 5. The fourth-order valence-electron chi connectivity index (χ4n) is 5.92. The lowest BCUT2D eigenvalue weighted by molar-refractivity contribution is 0.0692. The minimum Gasteiger partial charge on any atom is -0.478 e. The first-order chi connectivity index (χ1) is 20.9. The summed E-state index contributed by atoms with van der Waals surface area (Å²) in [6.45, 7) is 6.79. The molecule has 0 radical (unpaired) electrons. The van der Waals surface area contributed by atoms with Crippen LogP contribution in [0.4, 0.5) is 0 Å². The normalized spacial score (nSPS) is 11.0. The van der Waals surface area contributed by atoms with Crippen molar-refractivity contribution in [3.8, 4) is 11.3 Å². The summed E-state index contributed by atoms with van der Waals surface area (Å²) in [6.07, 6.45) is 2.12. The predicted molar refractivity (Wildman–Crippen MR) is 172 cm³/mol. The van der Waals surface area contributed by atoms with Gasteiger partial charge >= 0.3 is 5.97 Å². The Kier molecular flexibility index (Phi) is 7.34. The number of benzene rings is 3. The monoisotopic (exact) mass is 565 g/mol. The molecule has 0 atom stereocenters. The molecule has 0 saturated heterocycles. The number of aryl methyl sites for hydroxylation is 2. The zero-order valence-corrected chi connectivity index (χ0v) is 24.3. The van der Waals surface area contributed by atoms with Gasteiger partial charge in [0.25, 0.3) is 0 Å². The van der Waals surface area contributed by atoms with Crippen molar-refractivity contribution in [2.75, 3.05) is 0 Å². The lowest BCUT2D eigenvalue weighted by atomic mass is 9.99. The average molecular weight is 566 g/mol. The molecule has 43 heavy (non-hydrogen) atoms. The Balaban J connectivity index is 0.000000174. The number of carbonyl (C=O) groups is 2. The summed E-state index contributed by atoms with van der Waals surface area (Å²) in [6, 6.07) is 35.4. The molecule has 212 valence electrons. The van der Waals surface area contributed by atoms with Crippen LogP contribution >= 0.6 is 0 Å². The molecule has 3 aromatic carbocycles. The van der Waals surface area contributed by atoms with Crippen LogP contribution in [0.3, 0.4) is 0 Å². The topological polar surface area (TPSA) is 76.6 Å². The minimum atomic E-state index is -1.16. The van der Waals surface area contributed by atoms with Crippen LogP contribution in [0.25, 0.3) is 38.6 Å². The van der Waals surface area contributed by atoms with Crippen molar-refractivity contribution < 1.29 is 14.7 Å². The van der Waals surface area contributed by atoms with Gasteiger partial charge in [-0.15, -0.1) is 0 Å². The molecular weight excluding hydrogens is 534 g/mol. The van der Waals surface area contributed by atoms with Crippen molar-refractivity contribution in [1.82, 2.24) is 14.0 Å². The van der Waals surface area contributed by atoms with E-state index in [0.717, 1.165) is 23.1 Å². The zero-order chi connectivity index (χ0) is 30.1. The molecule has 0 bridgehead atoms. The Morgan fingerprint density at radius 1 is 0.814 bits per heavy atom. The summed E-state index contributed by atoms with van der Waals surface area (Å²) in [5, 5.41) is 11.2. The highest BCUT2D eigenvalue weighted by molar-refractivity contribution is 6.20. The molecule has 0 aliphatic heterocycles. The molecule has 0 aliphatic rings. The number of aromatic nitrogens is 3. The molecular formula is C37H31N3O3. The number of hydrogen-bond acceptors (Lipinski definition) is 3. The Morgan fingerprint density at radius 2 is 1.51 bits per heavy atom. The van der Waals surface area contributed by atoms with Gasteiger partial charge in [-0.25, -0.2) is 9.78 Å². The predicted octanol–water partition coefficient (Wildman–Crippen LogP) is 8.36. The van der Waals surface area contributed by atoms with Crippen LogP contribution in [0.5, 0.6) is 0 Å². The number of carbonyl (C=O) groups excluding carboxylic acids is 1. The molecule has 6 heteroatoms. The molecule has 1 N–H and O–H groups in total. The van der Waals surface area contributed by atoms with E-state index in [0.29, 0.717) is 16.5 Å². The number of carboxylic acids is 1. The van der Waals surface area contributed by atoms with Crippen LogP contribution in [0.15, 0.2) is 115 Å². The summed E-state index contributed by atoms with van der Waals surface area (Å²) in [5.74, 6) is -1.52. The van der Waals surface area contributed by atoms with Gasteiger partial charge in [-0.2, -0.15) is 0 Å². The Hall–Kier alpha value is -5.49. The van der Waals surface area contributed by atoms with Gasteiger partial charge in [0.05, 0.1) is 22.3 Å². The second kappa shape index (κ2) is 11.4. The summed E-state index contributed by atoms with van der Waals surface area (Å²) in [5.41, 5.74) is 7.90. The fraction of sp³-hybridized carbons (Fsp3) is 0.108. The summed E-state index contributed by atoms with van der Waals surface area (Å²) >= 11 is 0. The number of carboxylic acid groups (broad SMARTS) is 1. The van der Waals surface area contributed by atoms with E-state index in [9.17, 15) is 14.7 Å². The Bertz CT molecular complexity index is 2140. The fourth-order valence-corrected chi connectivity index (χ4v) is 5.92. The third kappa shape index (κ3) is 4.97. The second-order valence-electron chi connectivity index (χ2n) is 10.5. The van der Waals surface area contributed by atoms with Gasteiger partial charge in [0.15, 0.2) is 0 Å². The molecule has 0 fully saturated rings. The maximum Gasteiger partial charge on any atom is 0.338 e. The van der Waals surface area contributed by atoms with Crippen LogP contribution in [0, 0.1) is 13.8 Å². The van der Waals surface area contributed by atoms with E-state index in [1.807, 2.05) is 50.2 Å². The number of pyridine rings is 2. The van der Waals surface area contributed by atoms with Gasteiger partial charge in [0.1, 0.15) is 5.69 Å². The van der Waals surface area contributed by atoms with Crippen molar-refractivity contribution in [1.29, 1.82) is 0 Å². The van der Waals surface area contributed by atoms with Gasteiger partial charge in [0, 0.05) is 40.2 Å². The third-order valence-electron chi connectivity index (χ3n) is 7.86. The maximum atomic E-state index is 13.4. The molecule has 0 unspecified atom stereocenters. The van der Waals surface area contributed by atoms with E-state index in [4.69, 9.17) is 0 Å². The average Bonchev–Trinajstić information content (AvgIpc) is 3.52. The largest absolute Gasteiger partial charge is 0.478 e.